The summed E-state index contributed by atoms with van der Waals surface area (Å²) in [5, 5.41) is 21.5. The van der Waals surface area contributed by atoms with Crippen molar-refractivity contribution in [2.24, 2.45) is 17.8 Å². The zero-order valence-corrected chi connectivity index (χ0v) is 21.3. The molecule has 2 aliphatic carbocycles. The molecule has 184 valence electrons. The number of esters is 1. The van der Waals surface area contributed by atoms with Crippen LogP contribution in [0.5, 0.6) is 0 Å². The maximum Gasteiger partial charge on any atom is 0.355 e. The van der Waals surface area contributed by atoms with Gasteiger partial charge in [0, 0.05) is 24.0 Å². The fourth-order valence-electron chi connectivity index (χ4n) is 5.36. The molecular weight excluding hydrogens is 458 g/mol. The first-order valence-electron chi connectivity index (χ1n) is 12.1. The third kappa shape index (κ3) is 8.41. The third-order valence-corrected chi connectivity index (χ3v) is 8.96. The van der Waals surface area contributed by atoms with E-state index in [2.05, 4.69) is 17.1 Å². The molecular formula is C25H37NO5S2. The van der Waals surface area contributed by atoms with Gasteiger partial charge in [0.25, 0.3) is 0 Å². The van der Waals surface area contributed by atoms with E-state index in [1.807, 2.05) is 6.92 Å². The van der Waals surface area contributed by atoms with Crippen molar-refractivity contribution in [1.82, 2.24) is 4.98 Å². The number of hydrogen-bond acceptors (Lipinski definition) is 7. The van der Waals surface area contributed by atoms with Gasteiger partial charge in [-0.1, -0.05) is 56.0 Å². The normalized spacial score (nSPS) is 25.8. The predicted octanol–water partition coefficient (Wildman–Crippen LogP) is 5.95. The Balaban J connectivity index is 1.54. The fraction of sp³-hybridized carbons (Fsp3) is 0.720. The number of carboxylic acids is 1. The van der Waals surface area contributed by atoms with Crippen LogP contribution >= 0.6 is 23.1 Å². The van der Waals surface area contributed by atoms with E-state index in [-0.39, 0.29) is 23.7 Å². The molecule has 33 heavy (non-hydrogen) atoms. The van der Waals surface area contributed by atoms with Crippen LogP contribution in [-0.2, 0) is 9.53 Å². The Bertz CT molecular complexity index is 815. The molecule has 0 spiro atoms. The highest BCUT2D eigenvalue weighted by Crippen LogP contribution is 2.40. The Morgan fingerprint density at radius 3 is 2.70 bits per heavy atom. The second-order valence-electron chi connectivity index (χ2n) is 9.83. The maximum absolute atomic E-state index is 11.6. The van der Waals surface area contributed by atoms with Gasteiger partial charge in [-0.2, -0.15) is 0 Å². The monoisotopic (exact) mass is 495 g/mol. The second-order valence-corrected chi connectivity index (χ2v) is 12.0. The van der Waals surface area contributed by atoms with E-state index in [4.69, 9.17) is 9.84 Å². The van der Waals surface area contributed by atoms with Crippen LogP contribution in [0, 0.1) is 17.8 Å². The minimum atomic E-state index is -1.01. The quantitative estimate of drug-likeness (QED) is 0.222. The Morgan fingerprint density at radius 1 is 1.27 bits per heavy atom. The van der Waals surface area contributed by atoms with Crippen molar-refractivity contribution in [1.29, 1.82) is 0 Å². The molecule has 4 atom stereocenters. The number of carboxylic acid groups (broad SMARTS) is 1. The first-order chi connectivity index (χ1) is 15.7. The van der Waals surface area contributed by atoms with Crippen molar-refractivity contribution >= 4 is 35.0 Å². The molecule has 1 heterocycles. The highest BCUT2D eigenvalue weighted by Gasteiger charge is 2.36. The van der Waals surface area contributed by atoms with Crippen LogP contribution in [0.15, 0.2) is 21.9 Å². The second kappa shape index (κ2) is 12.4. The van der Waals surface area contributed by atoms with E-state index in [1.54, 1.807) is 17.1 Å². The zero-order chi connectivity index (χ0) is 23.8. The summed E-state index contributed by atoms with van der Waals surface area (Å²) in [6.45, 7) is 3.41. The lowest BCUT2D eigenvalue weighted by molar-refractivity contribution is -0.148. The highest BCUT2D eigenvalue weighted by molar-refractivity contribution is 8.01. The first kappa shape index (κ1) is 26.2. The van der Waals surface area contributed by atoms with E-state index < -0.39 is 11.6 Å². The highest BCUT2D eigenvalue weighted by atomic mass is 32.2. The van der Waals surface area contributed by atoms with E-state index in [0.717, 1.165) is 35.8 Å². The third-order valence-electron chi connectivity index (χ3n) is 6.90. The van der Waals surface area contributed by atoms with Crippen LogP contribution < -0.4 is 0 Å². The molecule has 0 aromatic carbocycles. The molecule has 8 heteroatoms. The summed E-state index contributed by atoms with van der Waals surface area (Å²) in [6, 6.07) is 0. The fourth-order valence-corrected chi connectivity index (χ4v) is 7.27. The van der Waals surface area contributed by atoms with Gasteiger partial charge in [-0.25, -0.2) is 9.78 Å². The van der Waals surface area contributed by atoms with E-state index >= 15 is 0 Å². The number of aliphatic hydroxyl groups is 1. The SMILES string of the molecule is CC(=O)OC1CCC(C=CCC(C)(O)CC2CCCCC2)C1CCSc1nc(C(=O)O)cs1. The van der Waals surface area contributed by atoms with Crippen LogP contribution in [0.4, 0.5) is 0 Å². The summed E-state index contributed by atoms with van der Waals surface area (Å²) in [5.41, 5.74) is -0.591. The van der Waals surface area contributed by atoms with Gasteiger partial charge in [0.1, 0.15) is 6.10 Å². The molecule has 0 amide bonds. The molecule has 4 unspecified atom stereocenters. The molecule has 6 nitrogen and oxygen atoms in total. The molecule has 0 saturated heterocycles. The van der Waals surface area contributed by atoms with Crippen LogP contribution in [0.3, 0.4) is 0 Å². The molecule has 3 rings (SSSR count). The van der Waals surface area contributed by atoms with Gasteiger partial charge < -0.3 is 14.9 Å². The smallest absolute Gasteiger partial charge is 0.355 e. The Kier molecular flexibility index (Phi) is 9.82. The number of allylic oxidation sites excluding steroid dienone is 1. The summed E-state index contributed by atoms with van der Waals surface area (Å²) in [5.74, 6) is 0.709. The van der Waals surface area contributed by atoms with E-state index in [0.29, 0.717) is 18.3 Å². The topological polar surface area (TPSA) is 96.7 Å². The molecule has 1 aromatic heterocycles. The minimum absolute atomic E-state index is 0.0854. The Labute approximate surface area is 205 Å². The van der Waals surface area contributed by atoms with Gasteiger partial charge in [-0.3, -0.25) is 4.79 Å². The predicted molar refractivity (Wildman–Crippen MR) is 132 cm³/mol. The Morgan fingerprint density at radius 2 is 2.03 bits per heavy atom. The number of rotatable bonds is 11. The van der Waals surface area contributed by atoms with Gasteiger partial charge in [-0.05, 0) is 50.9 Å². The summed E-state index contributed by atoms with van der Waals surface area (Å²) in [4.78, 5) is 26.8. The minimum Gasteiger partial charge on any atom is -0.476 e. The van der Waals surface area contributed by atoms with Crippen molar-refractivity contribution in [3.8, 4) is 0 Å². The van der Waals surface area contributed by atoms with Crippen molar-refractivity contribution in [3.63, 3.8) is 0 Å². The lowest BCUT2D eigenvalue weighted by Crippen LogP contribution is -2.28. The maximum atomic E-state index is 11.6. The number of thioether (sulfide) groups is 1. The number of ether oxygens (including phenoxy) is 1. The van der Waals surface area contributed by atoms with Crippen LogP contribution in [0.25, 0.3) is 0 Å². The molecule has 2 N–H and O–H groups in total. The summed E-state index contributed by atoms with van der Waals surface area (Å²) < 4.78 is 6.37. The van der Waals surface area contributed by atoms with Crippen molar-refractivity contribution in [2.75, 3.05) is 5.75 Å². The van der Waals surface area contributed by atoms with E-state index in [1.165, 1.54) is 50.4 Å². The van der Waals surface area contributed by atoms with Crippen LogP contribution in [0.2, 0.25) is 0 Å². The Hall–Kier alpha value is -1.38. The number of nitrogens with zero attached hydrogens (tertiary/aromatic N) is 1. The van der Waals surface area contributed by atoms with E-state index in [9.17, 15) is 14.7 Å². The van der Waals surface area contributed by atoms with Gasteiger partial charge in [0.2, 0.25) is 0 Å². The molecule has 2 aliphatic rings. The van der Waals surface area contributed by atoms with Crippen molar-refractivity contribution in [2.45, 2.75) is 94.1 Å². The molecule has 2 saturated carbocycles. The zero-order valence-electron chi connectivity index (χ0n) is 19.7. The van der Waals surface area contributed by atoms with Gasteiger partial charge in [-0.15, -0.1) is 11.3 Å². The van der Waals surface area contributed by atoms with Crippen molar-refractivity contribution < 1.29 is 24.5 Å². The first-order valence-corrected chi connectivity index (χ1v) is 14.0. The molecule has 1 aromatic rings. The summed E-state index contributed by atoms with van der Waals surface area (Å²) >= 11 is 2.90. The molecule has 0 radical (unpaired) electrons. The molecule has 0 bridgehead atoms. The number of thiazole rings is 1. The molecule has 0 aliphatic heterocycles. The van der Waals surface area contributed by atoms with Crippen LogP contribution in [-0.4, -0.2) is 44.6 Å². The van der Waals surface area contributed by atoms with Gasteiger partial charge in [0.05, 0.1) is 5.60 Å². The largest absolute Gasteiger partial charge is 0.476 e. The van der Waals surface area contributed by atoms with Crippen molar-refractivity contribution in [3.05, 3.63) is 23.2 Å². The van der Waals surface area contributed by atoms with Gasteiger partial charge in [0.15, 0.2) is 10.0 Å². The van der Waals surface area contributed by atoms with Gasteiger partial charge >= 0.3 is 11.9 Å². The summed E-state index contributed by atoms with van der Waals surface area (Å²) in [6.07, 6.45) is 14.8. The number of carbonyl (C=O) groups excluding carboxylic acids is 1. The number of hydrogen-bond donors (Lipinski definition) is 2. The average molecular weight is 496 g/mol. The summed E-state index contributed by atoms with van der Waals surface area (Å²) in [7, 11) is 0. The lowest BCUT2D eigenvalue weighted by atomic mass is 9.80. The lowest BCUT2D eigenvalue weighted by Gasteiger charge is -2.30. The standard InChI is InChI=1S/C25H37NO5S2/c1-17(27)31-22-11-10-19(9-6-13-25(2,30)15-18-7-4-3-5-8-18)20(22)12-14-32-24-26-21(16-33-24)23(28)29/h6,9,16,18-20,22,30H,3-5,7-8,10-15H2,1-2H3,(H,28,29). The molecule has 2 fully saturated rings. The average Bonchev–Trinajstić information content (AvgIpc) is 3.36. The van der Waals surface area contributed by atoms with Crippen LogP contribution in [0.1, 0.15) is 88.5 Å². The number of aromatic carboxylic acids is 1. The number of carbonyl (C=O) groups is 2. The number of aromatic nitrogens is 1.